The van der Waals surface area contributed by atoms with Gasteiger partial charge in [-0.15, -0.1) is 0 Å². The zero-order valence-corrected chi connectivity index (χ0v) is 16.9. The van der Waals surface area contributed by atoms with Crippen LogP contribution in [0.2, 0.25) is 0 Å². The van der Waals surface area contributed by atoms with E-state index in [2.05, 4.69) is 13.8 Å². The number of carbonyl (C=O) groups excluding carboxylic acids is 1. The summed E-state index contributed by atoms with van der Waals surface area (Å²) >= 11 is 0. The summed E-state index contributed by atoms with van der Waals surface area (Å²) in [6.07, 6.45) is 11.5. The molecule has 0 bridgehead atoms. The first-order valence-electron chi connectivity index (χ1n) is 11.2. The van der Waals surface area contributed by atoms with Crippen molar-refractivity contribution in [2.24, 2.45) is 46.8 Å². The number of rotatable bonds is 3. The SMILES string of the molecule is CC[C@]12CC[C@H]3[C@H]([C@@H]1[C@@H]1C[C@@H]1[C@@]2(O)/C=C\C(=O)O)[C@@H](C)CC1=CC(=O)CC[C@@H]13. The molecule has 5 aliphatic rings. The third-order valence-corrected chi connectivity index (χ3v) is 9.50. The van der Waals surface area contributed by atoms with Crippen molar-refractivity contribution in [2.45, 2.75) is 64.4 Å². The van der Waals surface area contributed by atoms with Gasteiger partial charge in [-0.3, -0.25) is 4.79 Å². The molecule has 0 unspecified atom stereocenters. The lowest BCUT2D eigenvalue weighted by Crippen LogP contribution is -2.57. The van der Waals surface area contributed by atoms with Gasteiger partial charge < -0.3 is 10.2 Å². The maximum atomic E-state index is 12.0. The van der Waals surface area contributed by atoms with Crippen LogP contribution in [0.5, 0.6) is 0 Å². The minimum atomic E-state index is -0.973. The largest absolute Gasteiger partial charge is 0.478 e. The summed E-state index contributed by atoms with van der Waals surface area (Å²) < 4.78 is 0. The van der Waals surface area contributed by atoms with Crippen molar-refractivity contribution in [1.82, 2.24) is 0 Å². The smallest absolute Gasteiger partial charge is 0.328 e. The van der Waals surface area contributed by atoms with E-state index < -0.39 is 11.6 Å². The average Bonchev–Trinajstić information content (AvgIpc) is 3.42. The lowest BCUT2D eigenvalue weighted by atomic mass is 9.46. The van der Waals surface area contributed by atoms with Crippen molar-refractivity contribution in [3.05, 3.63) is 23.8 Å². The fraction of sp³-hybridized carbons (Fsp3) is 0.750. The lowest BCUT2D eigenvalue weighted by Gasteiger charge is -2.59. The van der Waals surface area contributed by atoms with Crippen LogP contribution in [-0.4, -0.2) is 27.6 Å². The van der Waals surface area contributed by atoms with Gasteiger partial charge in [-0.2, -0.15) is 0 Å². The Balaban J connectivity index is 1.54. The summed E-state index contributed by atoms with van der Waals surface area (Å²) in [5, 5.41) is 21.0. The molecular formula is C24H32O4. The Morgan fingerprint density at radius 1 is 1.32 bits per heavy atom. The highest BCUT2D eigenvalue weighted by Gasteiger charge is 2.76. The number of hydrogen-bond donors (Lipinski definition) is 2. The fourth-order valence-electron chi connectivity index (χ4n) is 8.57. The van der Waals surface area contributed by atoms with Gasteiger partial charge in [0.1, 0.15) is 0 Å². The molecule has 0 aromatic heterocycles. The van der Waals surface area contributed by atoms with Crippen LogP contribution in [0.3, 0.4) is 0 Å². The Labute approximate surface area is 167 Å². The lowest BCUT2D eigenvalue weighted by molar-refractivity contribution is -0.138. The molecule has 0 aromatic carbocycles. The van der Waals surface area contributed by atoms with Gasteiger partial charge in [0.15, 0.2) is 5.78 Å². The van der Waals surface area contributed by atoms with Crippen molar-refractivity contribution in [1.29, 1.82) is 0 Å². The van der Waals surface area contributed by atoms with Crippen molar-refractivity contribution < 1.29 is 19.8 Å². The van der Waals surface area contributed by atoms with Gasteiger partial charge in [-0.1, -0.05) is 19.4 Å². The van der Waals surface area contributed by atoms with E-state index in [9.17, 15) is 19.8 Å². The monoisotopic (exact) mass is 384 g/mol. The van der Waals surface area contributed by atoms with E-state index in [-0.39, 0.29) is 11.3 Å². The third kappa shape index (κ3) is 2.27. The van der Waals surface area contributed by atoms with Crippen molar-refractivity contribution in [3.63, 3.8) is 0 Å². The predicted molar refractivity (Wildman–Crippen MR) is 105 cm³/mol. The molecule has 0 aromatic rings. The van der Waals surface area contributed by atoms with E-state index >= 15 is 0 Å². The fourth-order valence-corrected chi connectivity index (χ4v) is 8.57. The number of ketones is 1. The molecule has 152 valence electrons. The number of aliphatic carboxylic acids is 1. The molecule has 2 N–H and O–H groups in total. The molecule has 5 rings (SSSR count). The van der Waals surface area contributed by atoms with Crippen molar-refractivity contribution in [3.8, 4) is 0 Å². The molecule has 0 spiro atoms. The highest BCUT2D eigenvalue weighted by molar-refractivity contribution is 5.91. The third-order valence-electron chi connectivity index (χ3n) is 9.50. The molecule has 9 atom stereocenters. The second-order valence-electron chi connectivity index (χ2n) is 10.3. The van der Waals surface area contributed by atoms with E-state index in [1.807, 2.05) is 6.08 Å². The van der Waals surface area contributed by atoms with Gasteiger partial charge in [-0.05, 0) is 92.1 Å². The number of carbonyl (C=O) groups is 2. The molecule has 0 saturated heterocycles. The Morgan fingerprint density at radius 2 is 2.11 bits per heavy atom. The number of allylic oxidation sites excluding steroid dienone is 1. The Bertz CT molecular complexity index is 781. The molecule has 0 heterocycles. The maximum Gasteiger partial charge on any atom is 0.328 e. The van der Waals surface area contributed by atoms with E-state index in [1.54, 1.807) is 6.08 Å². The minimum Gasteiger partial charge on any atom is -0.478 e. The summed E-state index contributed by atoms with van der Waals surface area (Å²) in [6, 6.07) is 0. The van der Waals surface area contributed by atoms with E-state index in [0.29, 0.717) is 47.7 Å². The van der Waals surface area contributed by atoms with Crippen molar-refractivity contribution in [2.75, 3.05) is 0 Å². The van der Waals surface area contributed by atoms with Gasteiger partial charge in [0, 0.05) is 17.9 Å². The first-order chi connectivity index (χ1) is 13.3. The quantitative estimate of drug-likeness (QED) is 0.722. The number of aliphatic hydroxyl groups is 1. The van der Waals surface area contributed by atoms with Gasteiger partial charge in [0.05, 0.1) is 5.60 Å². The number of carboxylic acid groups (broad SMARTS) is 1. The molecule has 0 aliphatic heterocycles. The molecule has 0 amide bonds. The van der Waals surface area contributed by atoms with Crippen LogP contribution in [-0.2, 0) is 9.59 Å². The molecule has 4 heteroatoms. The second-order valence-corrected chi connectivity index (χ2v) is 10.3. The zero-order valence-electron chi connectivity index (χ0n) is 16.9. The minimum absolute atomic E-state index is 0.187. The Kier molecular flexibility index (Phi) is 4.01. The van der Waals surface area contributed by atoms with Crippen LogP contribution in [0.25, 0.3) is 0 Å². The number of fused-ring (bicyclic) bond motifs is 7. The molecule has 28 heavy (non-hydrogen) atoms. The number of carboxylic acids is 1. The first-order valence-corrected chi connectivity index (χ1v) is 11.2. The van der Waals surface area contributed by atoms with Crippen LogP contribution in [0.1, 0.15) is 58.8 Å². The van der Waals surface area contributed by atoms with Gasteiger partial charge >= 0.3 is 5.97 Å². The van der Waals surface area contributed by atoms with E-state index in [4.69, 9.17) is 0 Å². The summed E-state index contributed by atoms with van der Waals surface area (Å²) in [7, 11) is 0. The zero-order chi connectivity index (χ0) is 19.8. The first kappa shape index (κ1) is 18.6. The standard InChI is InChI=1S/C24H32O4/c1-3-23-8-6-17-16-5-4-15(25)11-14(16)10-13(2)21(17)22(23)18-12-19(18)24(23,28)9-7-20(26)27/h7,9,11,13,16-19,21-22,28H,3-6,8,10,12H2,1-2H3,(H,26,27)/b9-7-/t13-,16-,17+,18+,19-,21+,22-,23-,24-/m0/s1. The van der Waals surface area contributed by atoms with E-state index in [0.717, 1.165) is 38.5 Å². The normalized spacial score (nSPS) is 51.8. The average molecular weight is 385 g/mol. The van der Waals surface area contributed by atoms with Gasteiger partial charge in [0.25, 0.3) is 0 Å². The van der Waals surface area contributed by atoms with Crippen LogP contribution in [0.4, 0.5) is 0 Å². The summed E-state index contributed by atoms with van der Waals surface area (Å²) in [6.45, 7) is 4.54. The predicted octanol–water partition coefficient (Wildman–Crippen LogP) is 3.99. The molecule has 0 radical (unpaired) electrons. The molecule has 4 fully saturated rings. The highest BCUT2D eigenvalue weighted by Crippen LogP contribution is 2.77. The maximum absolute atomic E-state index is 12.0. The highest BCUT2D eigenvalue weighted by atomic mass is 16.4. The van der Waals surface area contributed by atoms with Crippen LogP contribution < -0.4 is 0 Å². The molecular weight excluding hydrogens is 352 g/mol. The van der Waals surface area contributed by atoms with Crippen molar-refractivity contribution >= 4 is 11.8 Å². The summed E-state index contributed by atoms with van der Waals surface area (Å²) in [4.78, 5) is 23.2. The van der Waals surface area contributed by atoms with Gasteiger partial charge in [-0.25, -0.2) is 4.79 Å². The Hall–Kier alpha value is -1.42. The second kappa shape index (κ2) is 6.04. The Morgan fingerprint density at radius 3 is 2.82 bits per heavy atom. The van der Waals surface area contributed by atoms with Crippen LogP contribution >= 0.6 is 0 Å². The molecule has 5 aliphatic carbocycles. The topological polar surface area (TPSA) is 74.6 Å². The number of hydrogen-bond acceptors (Lipinski definition) is 3. The van der Waals surface area contributed by atoms with Crippen LogP contribution in [0, 0.1) is 46.8 Å². The molecule has 4 nitrogen and oxygen atoms in total. The van der Waals surface area contributed by atoms with E-state index in [1.165, 1.54) is 11.6 Å². The van der Waals surface area contributed by atoms with Gasteiger partial charge in [0.2, 0.25) is 0 Å². The summed E-state index contributed by atoms with van der Waals surface area (Å²) in [5.41, 5.74) is 0.229. The molecule has 4 saturated carbocycles. The summed E-state index contributed by atoms with van der Waals surface area (Å²) in [5.74, 6) is 2.87. The van der Waals surface area contributed by atoms with Crippen LogP contribution in [0.15, 0.2) is 23.8 Å².